The quantitative estimate of drug-likeness (QED) is 0.433. The van der Waals surface area contributed by atoms with Crippen LogP contribution in [0.1, 0.15) is 17.3 Å². The van der Waals surface area contributed by atoms with Crippen molar-refractivity contribution in [3.8, 4) is 0 Å². The standard InChI is InChI=1S/C23H20Cl2N2O5S/c1-2-32-23(29)20-10-6-7-11-21(20)26-22(28)15-27(18-13-16(24)12-17(25)14-18)33(30,31)19-8-4-3-5-9-19/h3-14H,2,15H2,1H3,(H,26,28). The molecule has 0 atom stereocenters. The Morgan fingerprint density at radius 3 is 2.18 bits per heavy atom. The smallest absolute Gasteiger partial charge is 0.340 e. The molecule has 0 spiro atoms. The van der Waals surface area contributed by atoms with Crippen LogP contribution in [0.3, 0.4) is 0 Å². The van der Waals surface area contributed by atoms with Crippen molar-refractivity contribution in [2.75, 3.05) is 22.8 Å². The molecule has 0 fully saturated rings. The van der Waals surface area contributed by atoms with Crippen LogP contribution in [0.4, 0.5) is 11.4 Å². The normalized spacial score (nSPS) is 11.0. The van der Waals surface area contributed by atoms with E-state index in [2.05, 4.69) is 5.32 Å². The summed E-state index contributed by atoms with van der Waals surface area (Å²) in [6.07, 6.45) is 0. The molecule has 0 radical (unpaired) electrons. The molecule has 0 aliphatic rings. The summed E-state index contributed by atoms with van der Waals surface area (Å²) in [5, 5.41) is 3.01. The number of hydrogen-bond acceptors (Lipinski definition) is 5. The van der Waals surface area contributed by atoms with Crippen molar-refractivity contribution in [3.63, 3.8) is 0 Å². The minimum Gasteiger partial charge on any atom is -0.462 e. The van der Waals surface area contributed by atoms with Gasteiger partial charge in [0.15, 0.2) is 0 Å². The van der Waals surface area contributed by atoms with Gasteiger partial charge >= 0.3 is 5.97 Å². The topological polar surface area (TPSA) is 92.8 Å². The zero-order valence-electron chi connectivity index (χ0n) is 17.5. The van der Waals surface area contributed by atoms with E-state index in [1.54, 1.807) is 37.3 Å². The van der Waals surface area contributed by atoms with Crippen LogP contribution in [-0.4, -0.2) is 33.4 Å². The predicted octanol–water partition coefficient (Wildman–Crippen LogP) is 5.00. The zero-order chi connectivity index (χ0) is 24.0. The number of amides is 1. The van der Waals surface area contributed by atoms with Crippen molar-refractivity contribution in [1.82, 2.24) is 0 Å². The molecule has 3 aromatic carbocycles. The fourth-order valence-electron chi connectivity index (χ4n) is 3.02. The molecule has 0 unspecified atom stereocenters. The van der Waals surface area contributed by atoms with E-state index in [-0.39, 0.29) is 38.5 Å². The zero-order valence-corrected chi connectivity index (χ0v) is 19.8. The summed E-state index contributed by atoms with van der Waals surface area (Å²) in [5.41, 5.74) is 0.461. The molecule has 0 aliphatic carbocycles. The summed E-state index contributed by atoms with van der Waals surface area (Å²) >= 11 is 12.2. The number of sulfonamides is 1. The Bertz CT molecular complexity index is 1250. The van der Waals surface area contributed by atoms with E-state index < -0.39 is 28.4 Å². The first kappa shape index (κ1) is 24.6. The summed E-state index contributed by atoms with van der Waals surface area (Å²) in [6.45, 7) is 1.24. The molecule has 10 heteroatoms. The van der Waals surface area contributed by atoms with Gasteiger partial charge in [-0.25, -0.2) is 13.2 Å². The second-order valence-corrected chi connectivity index (χ2v) is 9.50. The Balaban J connectivity index is 1.97. The Kier molecular flexibility index (Phi) is 7.97. The third kappa shape index (κ3) is 6.04. The molecule has 33 heavy (non-hydrogen) atoms. The Labute approximate surface area is 201 Å². The number of anilines is 2. The van der Waals surface area contributed by atoms with Crippen LogP contribution in [0.5, 0.6) is 0 Å². The predicted molar refractivity (Wildman–Crippen MR) is 128 cm³/mol. The molecule has 3 aromatic rings. The molecule has 3 rings (SSSR count). The van der Waals surface area contributed by atoms with Gasteiger partial charge in [-0.2, -0.15) is 0 Å². The molecule has 0 saturated heterocycles. The Hall–Kier alpha value is -3.07. The molecule has 0 bridgehead atoms. The maximum atomic E-state index is 13.4. The highest BCUT2D eigenvalue weighted by atomic mass is 35.5. The largest absolute Gasteiger partial charge is 0.462 e. The fraction of sp³-hybridized carbons (Fsp3) is 0.130. The number of benzene rings is 3. The first-order valence-corrected chi connectivity index (χ1v) is 12.0. The third-order valence-electron chi connectivity index (χ3n) is 4.45. The Morgan fingerprint density at radius 2 is 1.55 bits per heavy atom. The first-order chi connectivity index (χ1) is 15.7. The van der Waals surface area contributed by atoms with Gasteiger partial charge in [-0.3, -0.25) is 9.10 Å². The average Bonchev–Trinajstić information content (AvgIpc) is 2.78. The summed E-state index contributed by atoms with van der Waals surface area (Å²) in [6, 6.07) is 18.2. The van der Waals surface area contributed by atoms with Crippen molar-refractivity contribution in [2.24, 2.45) is 0 Å². The highest BCUT2D eigenvalue weighted by molar-refractivity contribution is 7.92. The second-order valence-electron chi connectivity index (χ2n) is 6.77. The molecule has 1 amide bonds. The number of nitrogens with zero attached hydrogens (tertiary/aromatic N) is 1. The summed E-state index contributed by atoms with van der Waals surface area (Å²) in [7, 11) is -4.15. The average molecular weight is 507 g/mol. The number of nitrogens with one attached hydrogen (secondary N) is 1. The number of halogens is 2. The molecule has 0 saturated carbocycles. The molecule has 0 aliphatic heterocycles. The van der Waals surface area contributed by atoms with Crippen molar-refractivity contribution in [3.05, 3.63) is 88.4 Å². The van der Waals surface area contributed by atoms with Gasteiger partial charge in [0.2, 0.25) is 5.91 Å². The van der Waals surface area contributed by atoms with E-state index in [4.69, 9.17) is 27.9 Å². The number of carbonyl (C=O) groups excluding carboxylic acids is 2. The summed E-state index contributed by atoms with van der Waals surface area (Å²) < 4.78 is 32.7. The monoisotopic (exact) mass is 506 g/mol. The number of rotatable bonds is 8. The molecule has 0 heterocycles. The third-order valence-corrected chi connectivity index (χ3v) is 6.67. The SMILES string of the molecule is CCOC(=O)c1ccccc1NC(=O)CN(c1cc(Cl)cc(Cl)c1)S(=O)(=O)c1ccccc1. The van der Waals surface area contributed by atoms with Crippen LogP contribution in [0.2, 0.25) is 10.0 Å². The minimum atomic E-state index is -4.15. The van der Waals surface area contributed by atoms with Gasteiger partial charge in [-0.1, -0.05) is 53.5 Å². The van der Waals surface area contributed by atoms with Gasteiger partial charge in [-0.05, 0) is 49.4 Å². The lowest BCUT2D eigenvalue weighted by atomic mass is 10.2. The van der Waals surface area contributed by atoms with E-state index in [0.717, 1.165) is 4.31 Å². The lowest BCUT2D eigenvalue weighted by Gasteiger charge is -2.24. The van der Waals surface area contributed by atoms with Gasteiger partial charge in [0.1, 0.15) is 6.54 Å². The van der Waals surface area contributed by atoms with Gasteiger partial charge in [0.05, 0.1) is 28.4 Å². The van der Waals surface area contributed by atoms with Crippen molar-refractivity contribution < 1.29 is 22.7 Å². The molecule has 7 nitrogen and oxygen atoms in total. The number of carbonyl (C=O) groups is 2. The van der Waals surface area contributed by atoms with Crippen molar-refractivity contribution >= 4 is 56.5 Å². The molecular formula is C23H20Cl2N2O5S. The maximum Gasteiger partial charge on any atom is 0.340 e. The summed E-state index contributed by atoms with van der Waals surface area (Å²) in [5.74, 6) is -1.29. The second kappa shape index (κ2) is 10.7. The first-order valence-electron chi connectivity index (χ1n) is 9.82. The van der Waals surface area contributed by atoms with E-state index >= 15 is 0 Å². The molecule has 1 N–H and O–H groups in total. The molecular weight excluding hydrogens is 487 g/mol. The van der Waals surface area contributed by atoms with Crippen LogP contribution >= 0.6 is 23.2 Å². The highest BCUT2D eigenvalue weighted by Gasteiger charge is 2.28. The number of ether oxygens (including phenoxy) is 1. The van der Waals surface area contributed by atoms with Crippen LogP contribution in [0, 0.1) is 0 Å². The van der Waals surface area contributed by atoms with E-state index in [9.17, 15) is 18.0 Å². The van der Waals surface area contributed by atoms with Crippen LogP contribution < -0.4 is 9.62 Å². The number of hydrogen-bond donors (Lipinski definition) is 1. The molecule has 172 valence electrons. The Morgan fingerprint density at radius 1 is 0.939 bits per heavy atom. The van der Waals surface area contributed by atoms with Crippen LogP contribution in [-0.2, 0) is 19.6 Å². The molecule has 0 aromatic heterocycles. The van der Waals surface area contributed by atoms with E-state index in [1.165, 1.54) is 42.5 Å². The number of para-hydroxylation sites is 1. The highest BCUT2D eigenvalue weighted by Crippen LogP contribution is 2.30. The minimum absolute atomic E-state index is 0.0131. The van der Waals surface area contributed by atoms with Gasteiger partial charge < -0.3 is 10.1 Å². The van der Waals surface area contributed by atoms with Gasteiger partial charge in [0.25, 0.3) is 10.0 Å². The number of esters is 1. The lowest BCUT2D eigenvalue weighted by molar-refractivity contribution is -0.114. The van der Waals surface area contributed by atoms with E-state index in [1.807, 2.05) is 0 Å². The van der Waals surface area contributed by atoms with Crippen molar-refractivity contribution in [1.29, 1.82) is 0 Å². The van der Waals surface area contributed by atoms with Gasteiger partial charge in [0, 0.05) is 10.0 Å². The van der Waals surface area contributed by atoms with E-state index in [0.29, 0.717) is 0 Å². The maximum absolute atomic E-state index is 13.4. The van der Waals surface area contributed by atoms with Crippen LogP contribution in [0.15, 0.2) is 77.7 Å². The van der Waals surface area contributed by atoms with Gasteiger partial charge in [-0.15, -0.1) is 0 Å². The van der Waals surface area contributed by atoms with Crippen LogP contribution in [0.25, 0.3) is 0 Å². The lowest BCUT2D eigenvalue weighted by Crippen LogP contribution is -2.38. The van der Waals surface area contributed by atoms with Crippen molar-refractivity contribution in [2.45, 2.75) is 11.8 Å². The fourth-order valence-corrected chi connectivity index (χ4v) is 4.96. The summed E-state index contributed by atoms with van der Waals surface area (Å²) in [4.78, 5) is 25.1.